The number of nitrogens with zero attached hydrogens (tertiary/aromatic N) is 1. The number of amides is 1. The maximum absolute atomic E-state index is 12.3. The molecule has 0 aromatic heterocycles. The van der Waals surface area contributed by atoms with Crippen LogP contribution < -0.4 is 14.8 Å². The molecule has 28 heavy (non-hydrogen) atoms. The average molecular weight is 391 g/mol. The first-order valence-corrected chi connectivity index (χ1v) is 10.6. The van der Waals surface area contributed by atoms with Crippen LogP contribution in [0.15, 0.2) is 18.2 Å². The van der Waals surface area contributed by atoms with Crippen molar-refractivity contribution in [1.82, 2.24) is 10.2 Å². The molecule has 0 unspecified atom stereocenters. The summed E-state index contributed by atoms with van der Waals surface area (Å²) in [5, 5.41) is 3.68. The lowest BCUT2D eigenvalue weighted by Crippen LogP contribution is -2.43. The molecule has 1 saturated heterocycles. The SMILES string of the molecule is CCC1CCC(NCc2ccc(OCC(=O)N3CCOCC3)c(OC)c2)CC1. The molecular formula is C22H34N2O4. The second-order valence-electron chi connectivity index (χ2n) is 7.77. The number of hydrogen-bond acceptors (Lipinski definition) is 5. The Morgan fingerprint density at radius 1 is 1.18 bits per heavy atom. The zero-order valence-corrected chi connectivity index (χ0v) is 17.2. The zero-order chi connectivity index (χ0) is 19.8. The van der Waals surface area contributed by atoms with Gasteiger partial charge in [-0.1, -0.05) is 19.4 Å². The molecule has 1 N–H and O–H groups in total. The zero-order valence-electron chi connectivity index (χ0n) is 17.2. The van der Waals surface area contributed by atoms with Crippen molar-refractivity contribution in [2.75, 3.05) is 40.0 Å². The molecule has 1 aromatic carbocycles. The van der Waals surface area contributed by atoms with E-state index in [0.717, 1.165) is 12.5 Å². The molecule has 2 fully saturated rings. The predicted octanol–water partition coefficient (Wildman–Crippen LogP) is 2.99. The molecule has 1 aliphatic carbocycles. The van der Waals surface area contributed by atoms with E-state index in [2.05, 4.69) is 12.2 Å². The lowest BCUT2D eigenvalue weighted by molar-refractivity contribution is -0.137. The van der Waals surface area contributed by atoms with Crippen molar-refractivity contribution >= 4 is 5.91 Å². The summed E-state index contributed by atoms with van der Waals surface area (Å²) in [5.41, 5.74) is 1.17. The molecule has 1 saturated carbocycles. The molecule has 0 spiro atoms. The van der Waals surface area contributed by atoms with Gasteiger partial charge in [0, 0.05) is 25.7 Å². The maximum atomic E-state index is 12.3. The summed E-state index contributed by atoms with van der Waals surface area (Å²) in [4.78, 5) is 14.0. The Kier molecular flexibility index (Phi) is 7.98. The van der Waals surface area contributed by atoms with Crippen LogP contribution in [0.2, 0.25) is 0 Å². The highest BCUT2D eigenvalue weighted by atomic mass is 16.5. The van der Waals surface area contributed by atoms with Gasteiger partial charge in [-0.3, -0.25) is 4.79 Å². The quantitative estimate of drug-likeness (QED) is 0.739. The highest BCUT2D eigenvalue weighted by molar-refractivity contribution is 5.78. The molecule has 3 rings (SSSR count). The number of ether oxygens (including phenoxy) is 3. The number of nitrogens with one attached hydrogen (secondary N) is 1. The van der Waals surface area contributed by atoms with Crippen molar-refractivity contribution in [3.05, 3.63) is 23.8 Å². The van der Waals surface area contributed by atoms with Gasteiger partial charge in [-0.25, -0.2) is 0 Å². The summed E-state index contributed by atoms with van der Waals surface area (Å²) in [6.45, 7) is 5.59. The molecule has 2 aliphatic rings. The fourth-order valence-corrected chi connectivity index (χ4v) is 4.02. The Morgan fingerprint density at radius 2 is 1.93 bits per heavy atom. The van der Waals surface area contributed by atoms with Gasteiger partial charge in [-0.15, -0.1) is 0 Å². The molecule has 1 heterocycles. The van der Waals surface area contributed by atoms with Gasteiger partial charge in [-0.2, -0.15) is 0 Å². The third-order valence-electron chi connectivity index (χ3n) is 5.96. The Morgan fingerprint density at radius 3 is 2.61 bits per heavy atom. The summed E-state index contributed by atoms with van der Waals surface area (Å²) in [7, 11) is 1.63. The number of carbonyl (C=O) groups excluding carboxylic acids is 1. The van der Waals surface area contributed by atoms with E-state index in [1.807, 2.05) is 18.2 Å². The van der Waals surface area contributed by atoms with Crippen LogP contribution in [0, 0.1) is 5.92 Å². The molecule has 1 aliphatic heterocycles. The number of morpholine rings is 1. The minimum absolute atomic E-state index is 0.0150. The van der Waals surface area contributed by atoms with E-state index in [1.54, 1.807) is 12.0 Å². The lowest BCUT2D eigenvalue weighted by Gasteiger charge is -2.28. The molecule has 0 bridgehead atoms. The van der Waals surface area contributed by atoms with Crippen molar-refractivity contribution in [3.63, 3.8) is 0 Å². The van der Waals surface area contributed by atoms with Gasteiger partial charge >= 0.3 is 0 Å². The Bertz CT molecular complexity index is 623. The summed E-state index contributed by atoms with van der Waals surface area (Å²) in [6.07, 6.45) is 6.50. The molecule has 156 valence electrons. The number of methoxy groups -OCH3 is 1. The van der Waals surface area contributed by atoms with Crippen molar-refractivity contribution in [3.8, 4) is 11.5 Å². The van der Waals surface area contributed by atoms with Crippen LogP contribution in [0.1, 0.15) is 44.6 Å². The molecule has 0 radical (unpaired) electrons. The van der Waals surface area contributed by atoms with Gasteiger partial charge < -0.3 is 24.4 Å². The van der Waals surface area contributed by atoms with E-state index >= 15 is 0 Å². The van der Waals surface area contributed by atoms with Crippen molar-refractivity contribution < 1.29 is 19.0 Å². The van der Waals surface area contributed by atoms with E-state index in [-0.39, 0.29) is 12.5 Å². The fraction of sp³-hybridized carbons (Fsp3) is 0.682. The molecular weight excluding hydrogens is 356 g/mol. The molecule has 0 atom stereocenters. The van der Waals surface area contributed by atoms with Crippen LogP contribution in [0.4, 0.5) is 0 Å². The maximum Gasteiger partial charge on any atom is 0.260 e. The first kappa shape index (κ1) is 20.9. The standard InChI is InChI=1S/C22H34N2O4/c1-3-17-4-7-19(8-5-17)23-15-18-6-9-20(21(14-18)26-2)28-16-22(25)24-10-12-27-13-11-24/h6,9,14,17,19,23H,3-5,7-8,10-13,15-16H2,1-2H3. The van der Waals surface area contributed by atoms with E-state index in [4.69, 9.17) is 14.2 Å². The van der Waals surface area contributed by atoms with Crippen molar-refractivity contribution in [2.45, 2.75) is 51.6 Å². The van der Waals surface area contributed by atoms with Crippen LogP contribution in [-0.4, -0.2) is 56.9 Å². The number of rotatable bonds is 8. The highest BCUT2D eigenvalue weighted by Gasteiger charge is 2.20. The lowest BCUT2D eigenvalue weighted by atomic mass is 9.84. The van der Waals surface area contributed by atoms with Crippen LogP contribution in [0.25, 0.3) is 0 Å². The van der Waals surface area contributed by atoms with Gasteiger partial charge in [0.25, 0.3) is 5.91 Å². The first-order chi connectivity index (χ1) is 13.7. The van der Waals surface area contributed by atoms with Gasteiger partial charge in [-0.05, 0) is 49.3 Å². The van der Waals surface area contributed by atoms with Crippen LogP contribution >= 0.6 is 0 Å². The smallest absolute Gasteiger partial charge is 0.260 e. The summed E-state index contributed by atoms with van der Waals surface area (Å²) in [5.74, 6) is 2.17. The summed E-state index contributed by atoms with van der Waals surface area (Å²) < 4.78 is 16.5. The fourth-order valence-electron chi connectivity index (χ4n) is 4.02. The summed E-state index contributed by atoms with van der Waals surface area (Å²) >= 11 is 0. The normalized spacial score (nSPS) is 22.7. The third kappa shape index (κ3) is 5.85. The van der Waals surface area contributed by atoms with Crippen LogP contribution in [-0.2, 0) is 16.1 Å². The monoisotopic (exact) mass is 390 g/mol. The van der Waals surface area contributed by atoms with E-state index in [1.165, 1.54) is 37.7 Å². The minimum Gasteiger partial charge on any atom is -0.493 e. The molecule has 1 aromatic rings. The van der Waals surface area contributed by atoms with Gasteiger partial charge in [0.1, 0.15) is 0 Å². The topological polar surface area (TPSA) is 60.0 Å². The van der Waals surface area contributed by atoms with E-state index in [0.29, 0.717) is 43.8 Å². The average Bonchev–Trinajstić information content (AvgIpc) is 2.77. The van der Waals surface area contributed by atoms with E-state index in [9.17, 15) is 4.79 Å². The predicted molar refractivity (Wildman–Crippen MR) is 109 cm³/mol. The number of benzene rings is 1. The van der Waals surface area contributed by atoms with Gasteiger partial charge in [0.15, 0.2) is 18.1 Å². The van der Waals surface area contributed by atoms with Crippen LogP contribution in [0.5, 0.6) is 11.5 Å². The Hall–Kier alpha value is -1.79. The molecule has 1 amide bonds. The third-order valence-corrected chi connectivity index (χ3v) is 5.96. The first-order valence-electron chi connectivity index (χ1n) is 10.6. The molecule has 6 heteroatoms. The Balaban J connectivity index is 1.48. The van der Waals surface area contributed by atoms with Gasteiger partial charge in [0.2, 0.25) is 0 Å². The van der Waals surface area contributed by atoms with Gasteiger partial charge in [0.05, 0.1) is 20.3 Å². The second-order valence-corrected chi connectivity index (χ2v) is 7.77. The number of hydrogen-bond donors (Lipinski definition) is 1. The molecule has 6 nitrogen and oxygen atoms in total. The highest BCUT2D eigenvalue weighted by Crippen LogP contribution is 2.29. The largest absolute Gasteiger partial charge is 0.493 e. The van der Waals surface area contributed by atoms with Crippen molar-refractivity contribution in [2.24, 2.45) is 5.92 Å². The Labute approximate surface area is 168 Å². The minimum atomic E-state index is -0.0150. The van der Waals surface area contributed by atoms with Crippen molar-refractivity contribution in [1.29, 1.82) is 0 Å². The number of carbonyl (C=O) groups is 1. The second kappa shape index (κ2) is 10.7. The summed E-state index contributed by atoms with van der Waals surface area (Å²) in [6, 6.07) is 6.55. The van der Waals surface area contributed by atoms with E-state index < -0.39 is 0 Å². The van der Waals surface area contributed by atoms with Crippen LogP contribution in [0.3, 0.4) is 0 Å².